The van der Waals surface area contributed by atoms with Crippen molar-refractivity contribution in [1.82, 2.24) is 0 Å². The molecule has 0 spiro atoms. The molecule has 104 valence electrons. The van der Waals surface area contributed by atoms with Crippen LogP contribution in [0, 0.1) is 0 Å². The zero-order valence-corrected chi connectivity index (χ0v) is 11.5. The first-order chi connectivity index (χ1) is 9.47. The van der Waals surface area contributed by atoms with E-state index >= 15 is 0 Å². The lowest BCUT2D eigenvalue weighted by atomic mass is 10.0. The van der Waals surface area contributed by atoms with Gasteiger partial charge in [0.2, 0.25) is 0 Å². The maximum absolute atomic E-state index is 11.2. The van der Waals surface area contributed by atoms with Gasteiger partial charge in [-0.2, -0.15) is 0 Å². The van der Waals surface area contributed by atoms with Crippen LogP contribution >= 0.6 is 0 Å². The number of nitrogens with two attached hydrogens (primary N) is 1. The fraction of sp³-hybridized carbons (Fsp3) is 0.188. The van der Waals surface area contributed by atoms with Crippen LogP contribution in [-0.2, 0) is 0 Å². The van der Waals surface area contributed by atoms with Gasteiger partial charge in [0.15, 0.2) is 0 Å². The quantitative estimate of drug-likeness (QED) is 0.828. The molecule has 0 saturated heterocycles. The molecule has 4 nitrogen and oxygen atoms in total. The van der Waals surface area contributed by atoms with E-state index in [1.807, 2.05) is 18.2 Å². The molecule has 0 heterocycles. The predicted octanol–water partition coefficient (Wildman–Crippen LogP) is 3.88. The molecule has 2 aromatic carbocycles. The number of aromatic carboxylic acids is 1. The van der Waals surface area contributed by atoms with Crippen molar-refractivity contribution in [3.63, 3.8) is 0 Å². The van der Waals surface area contributed by atoms with Crippen LogP contribution in [0.5, 0.6) is 11.5 Å². The van der Waals surface area contributed by atoms with Crippen molar-refractivity contribution in [2.45, 2.75) is 19.8 Å². The Morgan fingerprint density at radius 2 is 1.95 bits per heavy atom. The van der Waals surface area contributed by atoms with Crippen LogP contribution in [0.1, 0.15) is 35.7 Å². The van der Waals surface area contributed by atoms with Gasteiger partial charge in [-0.25, -0.2) is 4.79 Å². The standard InChI is InChI=1S/C16H17NO3/c1-10(2)11-4-3-5-13(8-11)20-15-7-6-12(17)9-14(15)16(18)19/h3-10H,17H2,1-2H3,(H,18,19). The Hall–Kier alpha value is -2.49. The molecule has 4 heteroatoms. The van der Waals surface area contributed by atoms with Gasteiger partial charge in [0.25, 0.3) is 0 Å². The summed E-state index contributed by atoms with van der Waals surface area (Å²) in [5.74, 6) is 0.215. The Morgan fingerprint density at radius 1 is 1.20 bits per heavy atom. The molecule has 0 amide bonds. The van der Waals surface area contributed by atoms with E-state index in [-0.39, 0.29) is 11.3 Å². The molecule has 0 atom stereocenters. The molecule has 2 aromatic rings. The van der Waals surface area contributed by atoms with Crippen LogP contribution in [-0.4, -0.2) is 11.1 Å². The van der Waals surface area contributed by atoms with Crippen molar-refractivity contribution in [2.24, 2.45) is 0 Å². The SMILES string of the molecule is CC(C)c1cccc(Oc2ccc(N)cc2C(=O)O)c1. The third-order valence-electron chi connectivity index (χ3n) is 2.99. The second kappa shape index (κ2) is 5.65. The molecular formula is C16H17NO3. The lowest BCUT2D eigenvalue weighted by molar-refractivity contribution is 0.0694. The number of carboxylic acids is 1. The minimum Gasteiger partial charge on any atom is -0.478 e. The highest BCUT2D eigenvalue weighted by Crippen LogP contribution is 2.29. The van der Waals surface area contributed by atoms with Crippen molar-refractivity contribution in [1.29, 1.82) is 0 Å². The fourth-order valence-electron chi connectivity index (χ4n) is 1.87. The average Bonchev–Trinajstić information content (AvgIpc) is 2.41. The van der Waals surface area contributed by atoms with Crippen LogP contribution in [0.15, 0.2) is 42.5 Å². The first kappa shape index (κ1) is 13.9. The molecule has 0 fully saturated rings. The molecule has 2 rings (SSSR count). The third kappa shape index (κ3) is 3.09. The minimum atomic E-state index is -1.06. The number of rotatable bonds is 4. The van der Waals surface area contributed by atoms with Crippen molar-refractivity contribution < 1.29 is 14.6 Å². The zero-order valence-electron chi connectivity index (χ0n) is 11.5. The first-order valence-electron chi connectivity index (χ1n) is 6.38. The molecule has 0 aromatic heterocycles. The Kier molecular flexibility index (Phi) is 3.94. The number of anilines is 1. The maximum atomic E-state index is 11.2. The number of ether oxygens (including phenoxy) is 1. The topological polar surface area (TPSA) is 72.5 Å². The number of nitrogen functional groups attached to an aromatic ring is 1. The predicted molar refractivity (Wildman–Crippen MR) is 78.4 cm³/mol. The van der Waals surface area contributed by atoms with Crippen LogP contribution < -0.4 is 10.5 Å². The van der Waals surface area contributed by atoms with E-state index in [9.17, 15) is 9.90 Å². The summed E-state index contributed by atoms with van der Waals surface area (Å²) in [6, 6.07) is 12.2. The summed E-state index contributed by atoms with van der Waals surface area (Å²) in [4.78, 5) is 11.2. The smallest absolute Gasteiger partial charge is 0.339 e. The largest absolute Gasteiger partial charge is 0.478 e. The molecule has 0 aliphatic heterocycles. The third-order valence-corrected chi connectivity index (χ3v) is 2.99. The Labute approximate surface area is 117 Å². The van der Waals surface area contributed by atoms with E-state index in [1.54, 1.807) is 18.2 Å². The van der Waals surface area contributed by atoms with Crippen LogP contribution in [0.25, 0.3) is 0 Å². The van der Waals surface area contributed by atoms with Gasteiger partial charge in [0, 0.05) is 5.69 Å². The van der Waals surface area contributed by atoms with E-state index in [4.69, 9.17) is 10.5 Å². The van der Waals surface area contributed by atoms with Crippen molar-refractivity contribution in [3.8, 4) is 11.5 Å². The number of carboxylic acid groups (broad SMARTS) is 1. The molecule has 0 bridgehead atoms. The van der Waals surface area contributed by atoms with Crippen LogP contribution in [0.2, 0.25) is 0 Å². The first-order valence-corrected chi connectivity index (χ1v) is 6.38. The molecule has 0 unspecified atom stereocenters. The monoisotopic (exact) mass is 271 g/mol. The maximum Gasteiger partial charge on any atom is 0.339 e. The van der Waals surface area contributed by atoms with E-state index in [0.29, 0.717) is 17.4 Å². The van der Waals surface area contributed by atoms with Gasteiger partial charge in [-0.15, -0.1) is 0 Å². The van der Waals surface area contributed by atoms with Gasteiger partial charge >= 0.3 is 5.97 Å². The molecule has 20 heavy (non-hydrogen) atoms. The van der Waals surface area contributed by atoms with Gasteiger partial charge in [-0.05, 0) is 41.8 Å². The number of benzene rings is 2. The Morgan fingerprint density at radius 3 is 2.60 bits per heavy atom. The lowest BCUT2D eigenvalue weighted by Gasteiger charge is -2.11. The summed E-state index contributed by atoms with van der Waals surface area (Å²) in [6.45, 7) is 4.18. The van der Waals surface area contributed by atoms with Gasteiger partial charge in [0.1, 0.15) is 17.1 Å². The molecule has 0 aliphatic carbocycles. The number of hydrogen-bond acceptors (Lipinski definition) is 3. The van der Waals surface area contributed by atoms with Crippen LogP contribution in [0.4, 0.5) is 5.69 Å². The van der Waals surface area contributed by atoms with Gasteiger partial charge < -0.3 is 15.6 Å². The van der Waals surface area contributed by atoms with Gasteiger partial charge in [0.05, 0.1) is 0 Å². The number of carbonyl (C=O) groups is 1. The minimum absolute atomic E-state index is 0.0555. The van der Waals surface area contributed by atoms with E-state index in [2.05, 4.69) is 13.8 Å². The summed E-state index contributed by atoms with van der Waals surface area (Å²) in [5.41, 5.74) is 7.19. The van der Waals surface area contributed by atoms with E-state index < -0.39 is 5.97 Å². The Bertz CT molecular complexity index is 635. The second-order valence-corrected chi connectivity index (χ2v) is 4.89. The summed E-state index contributed by atoms with van der Waals surface area (Å²) in [6.07, 6.45) is 0. The summed E-state index contributed by atoms with van der Waals surface area (Å²) in [7, 11) is 0. The highest BCUT2D eigenvalue weighted by molar-refractivity contribution is 5.92. The van der Waals surface area contributed by atoms with Gasteiger partial charge in [-0.1, -0.05) is 26.0 Å². The van der Waals surface area contributed by atoms with Crippen molar-refractivity contribution in [3.05, 3.63) is 53.6 Å². The fourth-order valence-corrected chi connectivity index (χ4v) is 1.87. The summed E-state index contributed by atoms with van der Waals surface area (Å²) in [5, 5.41) is 9.18. The lowest BCUT2D eigenvalue weighted by Crippen LogP contribution is -2.01. The molecule has 3 N–H and O–H groups in total. The summed E-state index contributed by atoms with van der Waals surface area (Å²) < 4.78 is 5.68. The number of hydrogen-bond donors (Lipinski definition) is 2. The molecule has 0 radical (unpaired) electrons. The highest BCUT2D eigenvalue weighted by atomic mass is 16.5. The highest BCUT2D eigenvalue weighted by Gasteiger charge is 2.13. The summed E-state index contributed by atoms with van der Waals surface area (Å²) >= 11 is 0. The van der Waals surface area contributed by atoms with E-state index in [1.165, 1.54) is 6.07 Å². The van der Waals surface area contributed by atoms with E-state index in [0.717, 1.165) is 5.56 Å². The molecule has 0 aliphatic rings. The van der Waals surface area contributed by atoms with Crippen molar-refractivity contribution in [2.75, 3.05) is 5.73 Å². The molecule has 0 saturated carbocycles. The average molecular weight is 271 g/mol. The van der Waals surface area contributed by atoms with Crippen LogP contribution in [0.3, 0.4) is 0 Å². The van der Waals surface area contributed by atoms with Gasteiger partial charge in [-0.3, -0.25) is 0 Å². The second-order valence-electron chi connectivity index (χ2n) is 4.89. The zero-order chi connectivity index (χ0) is 14.7. The Balaban J connectivity index is 2.35. The molecular weight excluding hydrogens is 254 g/mol. The normalized spacial score (nSPS) is 10.6. The van der Waals surface area contributed by atoms with Crippen molar-refractivity contribution >= 4 is 11.7 Å².